The van der Waals surface area contributed by atoms with Gasteiger partial charge in [-0.15, -0.1) is 10.2 Å². The molecule has 9 nitrogen and oxygen atoms in total. The first-order valence-corrected chi connectivity index (χ1v) is 11.2. The first kappa shape index (κ1) is 19.2. The standard InChI is InChI=1S/C23H26N8O/c1-29-11-12-32-21-19(29)14-25-31-22(27-28-23(21)31)17-6-5-16-3-2-4-18(20(16)26-17)30-9-7-15(13-24)8-10-30/h2-6,14-15H,7-13,24H2,1H3. The summed E-state index contributed by atoms with van der Waals surface area (Å²) in [6.07, 6.45) is 4.04. The summed E-state index contributed by atoms with van der Waals surface area (Å²) in [5.74, 6) is 1.94. The Morgan fingerprint density at radius 2 is 1.94 bits per heavy atom. The first-order chi connectivity index (χ1) is 15.7. The third-order valence-electron chi connectivity index (χ3n) is 6.67. The molecule has 1 aromatic carbocycles. The summed E-state index contributed by atoms with van der Waals surface area (Å²) in [5.41, 5.74) is 10.3. The van der Waals surface area contributed by atoms with E-state index >= 15 is 0 Å². The van der Waals surface area contributed by atoms with Crippen molar-refractivity contribution in [3.8, 4) is 17.3 Å². The van der Waals surface area contributed by atoms with Gasteiger partial charge in [-0.05, 0) is 37.4 Å². The zero-order valence-corrected chi connectivity index (χ0v) is 18.1. The van der Waals surface area contributed by atoms with Crippen LogP contribution in [0.25, 0.3) is 28.1 Å². The minimum Gasteiger partial charge on any atom is -0.486 e. The van der Waals surface area contributed by atoms with Crippen LogP contribution in [0.15, 0.2) is 36.5 Å². The molecule has 0 amide bonds. The van der Waals surface area contributed by atoms with E-state index in [1.807, 2.05) is 19.3 Å². The SMILES string of the molecule is CN1CCOc2c1cnn1c(-c3ccc4cccc(N5CCC(CN)CC5)c4n3)nnc21. The van der Waals surface area contributed by atoms with Crippen molar-refractivity contribution in [1.29, 1.82) is 0 Å². The van der Waals surface area contributed by atoms with Gasteiger partial charge in [-0.3, -0.25) is 0 Å². The highest BCUT2D eigenvalue weighted by Crippen LogP contribution is 2.35. The van der Waals surface area contributed by atoms with E-state index in [0.29, 0.717) is 24.0 Å². The van der Waals surface area contributed by atoms with E-state index in [2.05, 4.69) is 49.4 Å². The summed E-state index contributed by atoms with van der Waals surface area (Å²) >= 11 is 0. The second-order valence-electron chi connectivity index (χ2n) is 8.60. The van der Waals surface area contributed by atoms with E-state index < -0.39 is 0 Å². The smallest absolute Gasteiger partial charge is 0.222 e. The molecule has 5 heterocycles. The second kappa shape index (κ2) is 7.59. The van der Waals surface area contributed by atoms with Crippen LogP contribution in [0.4, 0.5) is 11.4 Å². The molecule has 0 aliphatic carbocycles. The fraction of sp³-hybridized carbons (Fsp3) is 0.391. The number of fused-ring (bicyclic) bond motifs is 4. The highest BCUT2D eigenvalue weighted by molar-refractivity contribution is 5.92. The molecule has 0 atom stereocenters. The van der Waals surface area contributed by atoms with Gasteiger partial charge in [-0.1, -0.05) is 18.2 Å². The van der Waals surface area contributed by atoms with Gasteiger partial charge in [0.05, 0.1) is 23.9 Å². The van der Waals surface area contributed by atoms with Crippen molar-refractivity contribution in [2.75, 3.05) is 49.6 Å². The van der Waals surface area contributed by atoms with Gasteiger partial charge in [-0.25, -0.2) is 4.98 Å². The van der Waals surface area contributed by atoms with E-state index in [0.717, 1.165) is 72.7 Å². The molecule has 0 saturated carbocycles. The van der Waals surface area contributed by atoms with Crippen LogP contribution in [0.5, 0.6) is 5.75 Å². The molecule has 1 saturated heterocycles. The number of anilines is 2. The van der Waals surface area contributed by atoms with E-state index in [1.165, 1.54) is 0 Å². The minimum absolute atomic E-state index is 0.609. The Morgan fingerprint density at radius 1 is 1.06 bits per heavy atom. The van der Waals surface area contributed by atoms with Crippen LogP contribution in [-0.2, 0) is 0 Å². The van der Waals surface area contributed by atoms with Crippen LogP contribution >= 0.6 is 0 Å². The molecule has 164 valence electrons. The maximum Gasteiger partial charge on any atom is 0.222 e. The Labute approximate surface area is 185 Å². The largest absolute Gasteiger partial charge is 0.486 e. The fourth-order valence-electron chi connectivity index (χ4n) is 4.71. The number of para-hydroxylation sites is 1. The van der Waals surface area contributed by atoms with Crippen LogP contribution in [0.3, 0.4) is 0 Å². The van der Waals surface area contributed by atoms with Crippen molar-refractivity contribution >= 4 is 27.9 Å². The monoisotopic (exact) mass is 430 g/mol. The number of rotatable bonds is 3. The highest BCUT2D eigenvalue weighted by Gasteiger charge is 2.24. The lowest BCUT2D eigenvalue weighted by Crippen LogP contribution is -2.36. The molecule has 2 N–H and O–H groups in total. The van der Waals surface area contributed by atoms with Gasteiger partial charge in [0.15, 0.2) is 5.75 Å². The zero-order valence-electron chi connectivity index (χ0n) is 18.1. The molecule has 0 spiro atoms. The molecule has 6 rings (SSSR count). The molecular weight excluding hydrogens is 404 g/mol. The number of hydrogen-bond acceptors (Lipinski definition) is 8. The average Bonchev–Trinajstić information content (AvgIpc) is 3.28. The molecule has 9 heteroatoms. The molecular formula is C23H26N8O. The van der Waals surface area contributed by atoms with Crippen LogP contribution in [0, 0.1) is 5.92 Å². The number of nitrogens with two attached hydrogens (primary N) is 1. The van der Waals surface area contributed by atoms with Crippen molar-refractivity contribution in [3.63, 3.8) is 0 Å². The highest BCUT2D eigenvalue weighted by atomic mass is 16.5. The summed E-state index contributed by atoms with van der Waals surface area (Å²) in [4.78, 5) is 9.57. The molecule has 2 aliphatic rings. The zero-order chi connectivity index (χ0) is 21.7. The average molecular weight is 431 g/mol. The topological polar surface area (TPSA) is 97.7 Å². The van der Waals surface area contributed by atoms with Crippen molar-refractivity contribution in [2.45, 2.75) is 12.8 Å². The van der Waals surface area contributed by atoms with Crippen LogP contribution < -0.4 is 20.3 Å². The Bertz CT molecular complexity index is 1290. The van der Waals surface area contributed by atoms with Gasteiger partial charge in [-0.2, -0.15) is 9.61 Å². The summed E-state index contributed by atoms with van der Waals surface area (Å²) in [6, 6.07) is 10.4. The summed E-state index contributed by atoms with van der Waals surface area (Å²) in [6.45, 7) is 4.20. The number of nitrogens with zero attached hydrogens (tertiary/aromatic N) is 7. The third-order valence-corrected chi connectivity index (χ3v) is 6.67. The van der Waals surface area contributed by atoms with Crippen LogP contribution in [-0.4, -0.2) is 64.6 Å². The maximum absolute atomic E-state index is 5.90. The predicted octanol–water partition coefficient (Wildman–Crippen LogP) is 2.34. The number of benzene rings is 1. The normalized spacial score (nSPS) is 17.1. The lowest BCUT2D eigenvalue weighted by Gasteiger charge is -2.33. The van der Waals surface area contributed by atoms with Gasteiger partial charge in [0.1, 0.15) is 18.0 Å². The van der Waals surface area contributed by atoms with Gasteiger partial charge in [0.25, 0.3) is 0 Å². The van der Waals surface area contributed by atoms with Crippen molar-refractivity contribution in [3.05, 3.63) is 36.5 Å². The number of aromatic nitrogens is 5. The van der Waals surface area contributed by atoms with Crippen LogP contribution in [0.2, 0.25) is 0 Å². The van der Waals surface area contributed by atoms with Gasteiger partial charge < -0.3 is 20.3 Å². The predicted molar refractivity (Wildman–Crippen MR) is 124 cm³/mol. The fourth-order valence-corrected chi connectivity index (χ4v) is 4.71. The van der Waals surface area contributed by atoms with Crippen molar-refractivity contribution < 1.29 is 4.74 Å². The first-order valence-electron chi connectivity index (χ1n) is 11.2. The molecule has 3 aromatic heterocycles. The van der Waals surface area contributed by atoms with E-state index in [4.69, 9.17) is 15.5 Å². The molecule has 4 aromatic rings. The molecule has 0 unspecified atom stereocenters. The summed E-state index contributed by atoms with van der Waals surface area (Å²) < 4.78 is 7.63. The van der Waals surface area contributed by atoms with Crippen molar-refractivity contribution in [1.82, 2.24) is 24.8 Å². The lowest BCUT2D eigenvalue weighted by atomic mass is 9.96. The number of hydrogen-bond donors (Lipinski definition) is 1. The Morgan fingerprint density at radius 3 is 2.78 bits per heavy atom. The summed E-state index contributed by atoms with van der Waals surface area (Å²) in [7, 11) is 2.03. The molecule has 32 heavy (non-hydrogen) atoms. The second-order valence-corrected chi connectivity index (χ2v) is 8.60. The molecule has 2 aliphatic heterocycles. The quantitative estimate of drug-likeness (QED) is 0.529. The van der Waals surface area contributed by atoms with Gasteiger partial charge in [0, 0.05) is 25.5 Å². The molecule has 1 fully saturated rings. The van der Waals surface area contributed by atoms with E-state index in [-0.39, 0.29) is 0 Å². The Balaban J connectivity index is 1.43. The number of likely N-dealkylation sites (N-methyl/N-ethyl adjacent to an activating group) is 1. The molecule has 0 bridgehead atoms. The lowest BCUT2D eigenvalue weighted by molar-refractivity contribution is 0.312. The third kappa shape index (κ3) is 3.03. The Hall–Kier alpha value is -3.46. The van der Waals surface area contributed by atoms with Gasteiger partial charge in [0.2, 0.25) is 11.5 Å². The maximum atomic E-state index is 5.90. The number of piperidine rings is 1. The van der Waals surface area contributed by atoms with E-state index in [1.54, 1.807) is 4.52 Å². The molecule has 0 radical (unpaired) electrons. The Kier molecular flexibility index (Phi) is 4.57. The van der Waals surface area contributed by atoms with E-state index in [9.17, 15) is 0 Å². The number of ether oxygens (including phenoxy) is 1. The van der Waals surface area contributed by atoms with Crippen LogP contribution in [0.1, 0.15) is 12.8 Å². The summed E-state index contributed by atoms with van der Waals surface area (Å²) in [5, 5.41) is 14.5. The number of pyridine rings is 1. The van der Waals surface area contributed by atoms with Gasteiger partial charge >= 0.3 is 0 Å². The minimum atomic E-state index is 0.609. The van der Waals surface area contributed by atoms with Crippen molar-refractivity contribution in [2.24, 2.45) is 11.7 Å².